The highest BCUT2D eigenvalue weighted by Crippen LogP contribution is 2.36. The molecule has 0 fully saturated rings. The van der Waals surface area contributed by atoms with E-state index < -0.39 is 0 Å². The quantitative estimate of drug-likeness (QED) is 0.210. The smallest absolute Gasteiger partial charge is 0.294 e. The van der Waals surface area contributed by atoms with Crippen molar-refractivity contribution < 1.29 is 18.6 Å². The van der Waals surface area contributed by atoms with E-state index in [0.29, 0.717) is 29.9 Å². The topological polar surface area (TPSA) is 71.0 Å². The maximum absolute atomic E-state index is 6.32. The van der Waals surface area contributed by atoms with Crippen molar-refractivity contribution in [2.45, 2.75) is 26.6 Å². The Morgan fingerprint density at radius 1 is 0.892 bits per heavy atom. The van der Waals surface area contributed by atoms with Gasteiger partial charge in [0.1, 0.15) is 36.0 Å². The lowest BCUT2D eigenvalue weighted by atomic mass is 10.1. The molecule has 8 heteroatoms. The summed E-state index contributed by atoms with van der Waals surface area (Å²) >= 11 is 1.38. The van der Waals surface area contributed by atoms with Crippen LogP contribution in [0.5, 0.6) is 16.7 Å². The minimum atomic E-state index is 0.412. The van der Waals surface area contributed by atoms with Gasteiger partial charge in [-0.15, -0.1) is 5.10 Å². The number of aromatic nitrogens is 3. The SMILES string of the molecule is CCc1cc(OCc2cccc(OCc3ccccc3)c2)c2cc(-c3cn4nc(OC)sc4n3)oc2c1. The Balaban J connectivity index is 1.23. The van der Waals surface area contributed by atoms with Crippen LogP contribution in [-0.4, -0.2) is 21.7 Å². The lowest BCUT2D eigenvalue weighted by molar-refractivity contribution is 0.297. The summed E-state index contributed by atoms with van der Waals surface area (Å²) in [5, 5.41) is 5.82. The first-order chi connectivity index (χ1) is 18.2. The summed E-state index contributed by atoms with van der Waals surface area (Å²) < 4.78 is 25.4. The van der Waals surface area contributed by atoms with Crippen molar-refractivity contribution in [3.63, 3.8) is 0 Å². The zero-order valence-corrected chi connectivity index (χ0v) is 21.3. The van der Waals surface area contributed by atoms with Crippen LogP contribution in [0.15, 0.2) is 83.4 Å². The van der Waals surface area contributed by atoms with Crippen molar-refractivity contribution in [3.05, 3.63) is 95.7 Å². The maximum atomic E-state index is 6.32. The van der Waals surface area contributed by atoms with Crippen LogP contribution in [0, 0.1) is 0 Å². The Hall–Kier alpha value is -4.30. The Morgan fingerprint density at radius 2 is 1.73 bits per heavy atom. The molecule has 0 saturated heterocycles. The number of fused-ring (bicyclic) bond motifs is 2. The summed E-state index contributed by atoms with van der Waals surface area (Å²) in [4.78, 5) is 5.40. The van der Waals surface area contributed by atoms with E-state index >= 15 is 0 Å². The number of imidazole rings is 1. The van der Waals surface area contributed by atoms with Gasteiger partial charge < -0.3 is 18.6 Å². The summed E-state index contributed by atoms with van der Waals surface area (Å²) in [7, 11) is 1.60. The van der Waals surface area contributed by atoms with E-state index in [2.05, 4.69) is 41.3 Å². The van der Waals surface area contributed by atoms with Gasteiger partial charge >= 0.3 is 0 Å². The third kappa shape index (κ3) is 4.88. The van der Waals surface area contributed by atoms with Gasteiger partial charge in [-0.1, -0.05) is 49.4 Å². The third-order valence-electron chi connectivity index (χ3n) is 6.06. The predicted molar refractivity (Wildman–Crippen MR) is 144 cm³/mol. The minimum Gasteiger partial charge on any atom is -0.489 e. The van der Waals surface area contributed by atoms with E-state index in [1.165, 1.54) is 11.3 Å². The van der Waals surface area contributed by atoms with Crippen molar-refractivity contribution in [2.75, 3.05) is 7.11 Å². The monoisotopic (exact) mass is 511 g/mol. The molecule has 37 heavy (non-hydrogen) atoms. The number of ether oxygens (including phenoxy) is 3. The fourth-order valence-corrected chi connectivity index (χ4v) is 4.82. The van der Waals surface area contributed by atoms with E-state index in [1.807, 2.05) is 54.7 Å². The molecular weight excluding hydrogens is 486 g/mol. The Bertz CT molecular complexity index is 1640. The highest BCUT2D eigenvalue weighted by Gasteiger charge is 2.17. The first-order valence-corrected chi connectivity index (χ1v) is 12.9. The summed E-state index contributed by atoms with van der Waals surface area (Å²) in [6.07, 6.45) is 2.71. The second-order valence-corrected chi connectivity index (χ2v) is 9.52. The van der Waals surface area contributed by atoms with Crippen LogP contribution in [0.1, 0.15) is 23.6 Å². The average molecular weight is 512 g/mol. The number of nitrogens with zero attached hydrogens (tertiary/aromatic N) is 3. The van der Waals surface area contributed by atoms with E-state index in [9.17, 15) is 0 Å². The van der Waals surface area contributed by atoms with Gasteiger partial charge in [0.15, 0.2) is 5.76 Å². The number of benzene rings is 3. The molecule has 0 radical (unpaired) electrons. The van der Waals surface area contributed by atoms with Gasteiger partial charge in [0.05, 0.1) is 18.7 Å². The molecular formula is C29H25N3O4S. The molecule has 0 spiro atoms. The van der Waals surface area contributed by atoms with Crippen molar-refractivity contribution in [3.8, 4) is 28.1 Å². The first kappa shape index (κ1) is 23.1. The zero-order chi connectivity index (χ0) is 25.2. The van der Waals surface area contributed by atoms with Gasteiger partial charge in [0, 0.05) is 0 Å². The lowest BCUT2D eigenvalue weighted by Crippen LogP contribution is -1.99. The van der Waals surface area contributed by atoms with Crippen LogP contribution in [-0.2, 0) is 19.6 Å². The van der Waals surface area contributed by atoms with Gasteiger partial charge in [-0.2, -0.15) is 0 Å². The molecule has 0 aliphatic rings. The van der Waals surface area contributed by atoms with E-state index in [4.69, 9.17) is 18.6 Å². The van der Waals surface area contributed by atoms with Gasteiger partial charge in [-0.25, -0.2) is 9.50 Å². The number of rotatable bonds is 9. The molecule has 0 saturated carbocycles. The van der Waals surface area contributed by atoms with Crippen LogP contribution in [0.25, 0.3) is 27.4 Å². The van der Waals surface area contributed by atoms with Crippen LogP contribution >= 0.6 is 11.3 Å². The molecule has 3 aromatic carbocycles. The molecule has 0 atom stereocenters. The van der Waals surface area contributed by atoms with Crippen molar-refractivity contribution in [1.29, 1.82) is 0 Å². The second kappa shape index (κ2) is 9.99. The van der Waals surface area contributed by atoms with E-state index in [1.54, 1.807) is 11.6 Å². The number of methoxy groups -OCH3 is 1. The number of furan rings is 1. The molecule has 0 N–H and O–H groups in total. The highest BCUT2D eigenvalue weighted by atomic mass is 32.1. The van der Waals surface area contributed by atoms with Gasteiger partial charge in [0.25, 0.3) is 5.19 Å². The molecule has 7 nitrogen and oxygen atoms in total. The number of hydrogen-bond donors (Lipinski definition) is 0. The molecule has 3 aromatic heterocycles. The van der Waals surface area contributed by atoms with Gasteiger partial charge in [0.2, 0.25) is 4.96 Å². The fourth-order valence-electron chi connectivity index (χ4n) is 4.12. The van der Waals surface area contributed by atoms with Crippen molar-refractivity contribution >= 4 is 27.3 Å². The first-order valence-electron chi connectivity index (χ1n) is 12.0. The molecule has 6 rings (SSSR count). The Kier molecular flexibility index (Phi) is 6.24. The normalized spacial score (nSPS) is 11.3. The van der Waals surface area contributed by atoms with Crippen LogP contribution < -0.4 is 14.2 Å². The predicted octanol–water partition coefficient (Wildman–Crippen LogP) is 6.93. The molecule has 0 aliphatic heterocycles. The molecule has 0 bridgehead atoms. The summed E-state index contributed by atoms with van der Waals surface area (Å²) in [6.45, 7) is 3.05. The zero-order valence-electron chi connectivity index (χ0n) is 20.5. The van der Waals surface area contributed by atoms with Crippen LogP contribution in [0.2, 0.25) is 0 Å². The van der Waals surface area contributed by atoms with E-state index in [-0.39, 0.29) is 0 Å². The average Bonchev–Trinajstić information content (AvgIpc) is 3.64. The van der Waals surface area contributed by atoms with Gasteiger partial charge in [-0.3, -0.25) is 0 Å². The van der Waals surface area contributed by atoms with Gasteiger partial charge in [-0.05, 0) is 64.8 Å². The molecule has 0 amide bonds. The molecule has 3 heterocycles. The fraction of sp³-hybridized carbons (Fsp3) is 0.172. The standard InChI is InChI=1S/C29H25N3O4S/c1-3-19-13-25(35-18-21-10-7-11-22(12-21)34-17-20-8-5-4-6-9-20)23-15-27(36-26(23)14-19)24-16-32-28(30-24)37-29(31-32)33-2/h4-16H,3,17-18H2,1-2H3. The lowest BCUT2D eigenvalue weighted by Gasteiger charge is -2.11. The Morgan fingerprint density at radius 3 is 2.54 bits per heavy atom. The maximum Gasteiger partial charge on any atom is 0.294 e. The van der Waals surface area contributed by atoms with Crippen LogP contribution in [0.4, 0.5) is 0 Å². The molecule has 6 aromatic rings. The minimum absolute atomic E-state index is 0.412. The van der Waals surface area contributed by atoms with Crippen molar-refractivity contribution in [2.24, 2.45) is 0 Å². The summed E-state index contributed by atoms with van der Waals surface area (Å²) in [6, 6.07) is 24.3. The number of hydrogen-bond acceptors (Lipinski definition) is 7. The van der Waals surface area contributed by atoms with Crippen LogP contribution in [0.3, 0.4) is 0 Å². The summed E-state index contributed by atoms with van der Waals surface area (Å²) in [5.74, 6) is 2.26. The Labute approximate surface area is 217 Å². The largest absolute Gasteiger partial charge is 0.489 e. The summed E-state index contributed by atoms with van der Waals surface area (Å²) in [5.41, 5.74) is 4.78. The van der Waals surface area contributed by atoms with Crippen molar-refractivity contribution in [1.82, 2.24) is 14.6 Å². The highest BCUT2D eigenvalue weighted by molar-refractivity contribution is 7.18. The third-order valence-corrected chi connectivity index (χ3v) is 6.94. The molecule has 0 aliphatic carbocycles. The number of aryl methyl sites for hydroxylation is 1. The molecule has 186 valence electrons. The molecule has 0 unspecified atom stereocenters. The van der Waals surface area contributed by atoms with E-state index in [0.717, 1.165) is 50.5 Å². The second-order valence-electron chi connectivity index (χ2n) is 8.61.